The van der Waals surface area contributed by atoms with E-state index in [1.165, 1.54) is 22.5 Å². The Kier molecular flexibility index (Phi) is 4.98. The van der Waals surface area contributed by atoms with Crippen LogP contribution in [0.3, 0.4) is 0 Å². The van der Waals surface area contributed by atoms with Crippen LogP contribution in [0.1, 0.15) is 11.1 Å². The van der Waals surface area contributed by atoms with E-state index in [1.54, 1.807) is 36.9 Å². The zero-order chi connectivity index (χ0) is 24.2. The first kappa shape index (κ1) is 21.6. The van der Waals surface area contributed by atoms with Crippen LogP contribution in [0, 0.1) is 0 Å². The normalized spacial score (nSPS) is 23.7. The van der Waals surface area contributed by atoms with Gasteiger partial charge in [0.1, 0.15) is 24.7 Å². The highest BCUT2D eigenvalue weighted by Gasteiger charge is 2.49. The monoisotopic (exact) mass is 498 g/mol. The third kappa shape index (κ3) is 3.69. The Morgan fingerprint density at radius 2 is 1.11 bits per heavy atom. The molecular weight excluding hydrogens is 480 g/mol. The van der Waals surface area contributed by atoms with E-state index >= 15 is 0 Å². The minimum absolute atomic E-state index is 0.217. The molecule has 15 heteroatoms. The van der Waals surface area contributed by atoms with Crippen molar-refractivity contribution in [2.24, 2.45) is 0 Å². The van der Waals surface area contributed by atoms with Crippen molar-refractivity contribution in [3.05, 3.63) is 60.7 Å². The molecule has 2 fully saturated rings. The van der Waals surface area contributed by atoms with Gasteiger partial charge in [0.15, 0.2) is 0 Å². The first-order valence-electron chi connectivity index (χ1n) is 10.6. The second kappa shape index (κ2) is 8.07. The standard InChI is InChI=1S/C20H18N8O6S/c29-19-25-3-1-15(13-5-21-11-22-6-13)17(9-25)27(19)33-35(31,32)34-28-18-10-26(20(28)30)4-2-16(18)14-7-23-12-24-8-14/h1-2,5-8,11-12,17-18H,3-4,9-10H2. The SMILES string of the molecule is O=C1N2CC=C(c3cncnc3)C(C2)N1OS(=O)(=O)ON1C(=O)N2CC=C(c3cncnc3)C1C2. The number of hydroxylamine groups is 4. The van der Waals surface area contributed by atoms with Gasteiger partial charge in [0, 0.05) is 49.0 Å². The van der Waals surface area contributed by atoms with Gasteiger partial charge in [-0.3, -0.25) is 0 Å². The summed E-state index contributed by atoms with van der Waals surface area (Å²) in [5.41, 5.74) is 2.57. The summed E-state index contributed by atoms with van der Waals surface area (Å²) in [6.45, 7) is 0.981. The summed E-state index contributed by atoms with van der Waals surface area (Å²) in [4.78, 5) is 44.4. The molecule has 0 saturated carbocycles. The van der Waals surface area contributed by atoms with E-state index in [9.17, 15) is 18.0 Å². The molecule has 0 radical (unpaired) electrons. The van der Waals surface area contributed by atoms with Gasteiger partial charge in [0.25, 0.3) is 0 Å². The van der Waals surface area contributed by atoms with Crippen LogP contribution >= 0.6 is 0 Å². The Bertz CT molecular complexity index is 1250. The molecule has 0 aromatic carbocycles. The lowest BCUT2D eigenvalue weighted by molar-refractivity contribution is -0.0702. The van der Waals surface area contributed by atoms with E-state index in [2.05, 4.69) is 19.9 Å². The molecule has 4 aliphatic heterocycles. The number of aromatic nitrogens is 4. The van der Waals surface area contributed by atoms with Crippen LogP contribution in [-0.2, 0) is 19.0 Å². The minimum atomic E-state index is -4.86. The smallest absolute Gasteiger partial charge is 0.317 e. The molecule has 180 valence electrons. The third-order valence-corrected chi connectivity index (χ3v) is 6.87. The molecule has 0 spiro atoms. The molecule has 2 unspecified atom stereocenters. The van der Waals surface area contributed by atoms with Gasteiger partial charge in [-0.25, -0.2) is 29.5 Å². The van der Waals surface area contributed by atoms with Crippen molar-refractivity contribution in [3.8, 4) is 0 Å². The topological polar surface area (TPSA) is 151 Å². The molecule has 4 aliphatic rings. The number of nitrogens with zero attached hydrogens (tertiary/aromatic N) is 8. The fourth-order valence-electron chi connectivity index (χ4n) is 4.61. The molecule has 2 aromatic heterocycles. The lowest BCUT2D eigenvalue weighted by Gasteiger charge is -2.26. The first-order valence-corrected chi connectivity index (χ1v) is 12.0. The molecule has 0 N–H and O–H groups in total. The van der Waals surface area contributed by atoms with E-state index in [1.807, 2.05) is 0 Å². The lowest BCUT2D eigenvalue weighted by atomic mass is 9.99. The molecule has 14 nitrogen and oxygen atoms in total. The zero-order valence-corrected chi connectivity index (χ0v) is 18.9. The van der Waals surface area contributed by atoms with Crippen molar-refractivity contribution >= 4 is 33.6 Å². The summed E-state index contributed by atoms with van der Waals surface area (Å²) in [7, 11) is -4.86. The summed E-state index contributed by atoms with van der Waals surface area (Å²) in [5, 5.41) is 1.49. The van der Waals surface area contributed by atoms with E-state index in [-0.39, 0.29) is 26.2 Å². The average Bonchev–Trinajstić information content (AvgIpc) is 3.25. The van der Waals surface area contributed by atoms with Crippen LogP contribution in [0.5, 0.6) is 0 Å². The van der Waals surface area contributed by atoms with E-state index in [4.69, 9.17) is 8.57 Å². The van der Waals surface area contributed by atoms with Gasteiger partial charge in [0.2, 0.25) is 0 Å². The Hall–Kier alpha value is -3.95. The molecule has 2 aromatic rings. The maximum absolute atomic E-state index is 12.9. The van der Waals surface area contributed by atoms with Gasteiger partial charge in [-0.15, -0.1) is 8.57 Å². The van der Waals surface area contributed by atoms with Gasteiger partial charge in [-0.05, 0) is 11.1 Å². The van der Waals surface area contributed by atoms with Gasteiger partial charge in [-0.1, -0.05) is 12.2 Å². The number of rotatable bonds is 6. The molecule has 2 saturated heterocycles. The lowest BCUT2D eigenvalue weighted by Crippen LogP contribution is -2.41. The predicted molar refractivity (Wildman–Crippen MR) is 116 cm³/mol. The largest absolute Gasteiger partial charge is 0.442 e. The van der Waals surface area contributed by atoms with Crippen LogP contribution in [0.25, 0.3) is 11.1 Å². The summed E-state index contributed by atoms with van der Waals surface area (Å²) >= 11 is 0. The van der Waals surface area contributed by atoms with Crippen molar-refractivity contribution in [2.75, 3.05) is 26.2 Å². The predicted octanol–water partition coefficient (Wildman–Crippen LogP) is 0.0812. The molecular formula is C20H18N8O6S. The summed E-state index contributed by atoms with van der Waals surface area (Å²) in [6, 6.07) is -2.73. The second-order valence-corrected chi connectivity index (χ2v) is 9.30. The van der Waals surface area contributed by atoms with Crippen LogP contribution in [0.15, 0.2) is 49.6 Å². The van der Waals surface area contributed by atoms with E-state index < -0.39 is 34.5 Å². The van der Waals surface area contributed by atoms with Crippen molar-refractivity contribution in [2.45, 2.75) is 12.1 Å². The Morgan fingerprint density at radius 3 is 1.51 bits per heavy atom. The Balaban J connectivity index is 1.24. The van der Waals surface area contributed by atoms with Gasteiger partial charge >= 0.3 is 22.5 Å². The fourth-order valence-corrected chi connectivity index (χ4v) is 5.36. The van der Waals surface area contributed by atoms with Gasteiger partial charge in [-0.2, -0.15) is 18.5 Å². The fraction of sp³-hybridized carbons (Fsp3) is 0.300. The maximum atomic E-state index is 12.9. The van der Waals surface area contributed by atoms with Crippen LogP contribution in [0.2, 0.25) is 0 Å². The second-order valence-electron chi connectivity index (χ2n) is 8.19. The summed E-state index contributed by atoms with van der Waals surface area (Å²) in [5.74, 6) is 0. The highest BCUT2D eigenvalue weighted by atomic mass is 32.3. The number of hydrogen-bond acceptors (Lipinski definition) is 10. The number of hydrogen-bond donors (Lipinski definition) is 0. The van der Waals surface area contributed by atoms with E-state index in [0.29, 0.717) is 22.3 Å². The Labute approximate surface area is 199 Å². The zero-order valence-electron chi connectivity index (χ0n) is 18.0. The van der Waals surface area contributed by atoms with Crippen LogP contribution < -0.4 is 0 Å². The molecule has 4 bridgehead atoms. The summed E-state index contributed by atoms with van der Waals surface area (Å²) in [6.07, 6.45) is 12.6. The number of urea groups is 2. The number of fused-ring (bicyclic) bond motifs is 4. The summed E-state index contributed by atoms with van der Waals surface area (Å²) < 4.78 is 36.1. The van der Waals surface area contributed by atoms with Crippen LogP contribution in [-0.4, -0.2) is 98.6 Å². The Morgan fingerprint density at radius 1 is 0.714 bits per heavy atom. The molecule has 0 aliphatic carbocycles. The van der Waals surface area contributed by atoms with Crippen molar-refractivity contribution in [1.29, 1.82) is 0 Å². The quantitative estimate of drug-likeness (QED) is 0.535. The molecule has 6 rings (SSSR count). The first-order chi connectivity index (χ1) is 16.9. The minimum Gasteiger partial charge on any atom is -0.317 e. The highest BCUT2D eigenvalue weighted by molar-refractivity contribution is 7.81. The third-order valence-electron chi connectivity index (χ3n) is 6.18. The van der Waals surface area contributed by atoms with Crippen molar-refractivity contribution in [1.82, 2.24) is 39.9 Å². The van der Waals surface area contributed by atoms with Crippen molar-refractivity contribution < 1.29 is 26.6 Å². The molecule has 35 heavy (non-hydrogen) atoms. The molecule has 4 amide bonds. The maximum Gasteiger partial charge on any atom is 0.442 e. The van der Waals surface area contributed by atoms with Crippen LogP contribution in [0.4, 0.5) is 9.59 Å². The van der Waals surface area contributed by atoms with Gasteiger partial charge < -0.3 is 9.80 Å². The average molecular weight is 498 g/mol. The van der Waals surface area contributed by atoms with E-state index in [0.717, 1.165) is 10.1 Å². The number of amides is 4. The van der Waals surface area contributed by atoms with Gasteiger partial charge in [0.05, 0.1) is 13.1 Å². The van der Waals surface area contributed by atoms with Crippen molar-refractivity contribution in [3.63, 3.8) is 0 Å². The molecule has 6 heterocycles. The number of carbonyl (C=O) groups is 2. The number of carbonyl (C=O) groups excluding carboxylic acids is 2. The molecule has 2 atom stereocenters. The highest BCUT2D eigenvalue weighted by Crippen LogP contribution is 2.35.